The SMILES string of the molecule is O=c1[nH]nc(-c2cccc(Br)c2F)s1. The van der Waals surface area contributed by atoms with Crippen LogP contribution >= 0.6 is 27.3 Å². The van der Waals surface area contributed by atoms with Crippen LogP contribution in [-0.4, -0.2) is 10.2 Å². The number of hydrogen-bond acceptors (Lipinski definition) is 3. The lowest BCUT2D eigenvalue weighted by molar-refractivity contribution is 0.624. The maximum absolute atomic E-state index is 13.5. The molecule has 0 atom stereocenters. The summed E-state index contributed by atoms with van der Waals surface area (Å²) in [5.41, 5.74) is 0.322. The Bertz CT molecular complexity index is 522. The molecule has 0 saturated heterocycles. The summed E-state index contributed by atoms with van der Waals surface area (Å²) in [6.07, 6.45) is 0. The van der Waals surface area contributed by atoms with Crippen LogP contribution in [0.3, 0.4) is 0 Å². The fourth-order valence-corrected chi connectivity index (χ4v) is 2.01. The predicted molar refractivity (Wildman–Crippen MR) is 55.8 cm³/mol. The summed E-state index contributed by atoms with van der Waals surface area (Å²) in [7, 11) is 0. The molecule has 14 heavy (non-hydrogen) atoms. The molecule has 0 saturated carbocycles. The van der Waals surface area contributed by atoms with Gasteiger partial charge in [-0.15, -0.1) is 0 Å². The zero-order valence-electron chi connectivity index (χ0n) is 6.75. The average Bonchev–Trinajstić information content (AvgIpc) is 2.57. The Morgan fingerprint density at radius 1 is 1.50 bits per heavy atom. The van der Waals surface area contributed by atoms with Gasteiger partial charge >= 0.3 is 4.87 Å². The van der Waals surface area contributed by atoms with Crippen molar-refractivity contribution in [2.24, 2.45) is 0 Å². The van der Waals surface area contributed by atoms with E-state index >= 15 is 0 Å². The third-order valence-corrected chi connectivity index (χ3v) is 3.01. The first-order chi connectivity index (χ1) is 6.68. The second kappa shape index (κ2) is 3.62. The lowest BCUT2D eigenvalue weighted by Crippen LogP contribution is -1.90. The molecule has 1 aromatic carbocycles. The number of H-pyrrole nitrogens is 1. The van der Waals surface area contributed by atoms with Crippen LogP contribution in [0, 0.1) is 5.82 Å². The van der Waals surface area contributed by atoms with E-state index in [0.717, 1.165) is 11.3 Å². The number of aromatic nitrogens is 2. The number of nitrogens with zero attached hydrogens (tertiary/aromatic N) is 1. The molecule has 3 nitrogen and oxygen atoms in total. The van der Waals surface area contributed by atoms with Gasteiger partial charge in [-0.3, -0.25) is 4.79 Å². The van der Waals surface area contributed by atoms with Gasteiger partial charge in [0.15, 0.2) is 5.01 Å². The van der Waals surface area contributed by atoms with E-state index in [1.807, 2.05) is 0 Å². The van der Waals surface area contributed by atoms with Gasteiger partial charge in [-0.2, -0.15) is 5.10 Å². The molecule has 0 aliphatic heterocycles. The number of benzene rings is 1. The zero-order chi connectivity index (χ0) is 10.1. The molecule has 1 aromatic heterocycles. The second-order valence-electron chi connectivity index (χ2n) is 2.52. The highest BCUT2D eigenvalue weighted by atomic mass is 79.9. The van der Waals surface area contributed by atoms with Crippen molar-refractivity contribution in [3.8, 4) is 10.6 Å². The molecule has 0 amide bonds. The average molecular weight is 275 g/mol. The van der Waals surface area contributed by atoms with Crippen LogP contribution in [-0.2, 0) is 0 Å². The number of rotatable bonds is 1. The number of halogens is 2. The largest absolute Gasteiger partial charge is 0.322 e. The standard InChI is InChI=1S/C8H4BrFN2OS/c9-5-3-1-2-4(6(5)10)7-11-12-8(13)14-7/h1-3H,(H,12,13). The van der Waals surface area contributed by atoms with Crippen LogP contribution in [0.4, 0.5) is 4.39 Å². The molecule has 1 N–H and O–H groups in total. The molecule has 0 spiro atoms. The van der Waals surface area contributed by atoms with Gasteiger partial charge in [0.05, 0.1) is 4.47 Å². The Kier molecular flexibility index (Phi) is 2.47. The van der Waals surface area contributed by atoms with Gasteiger partial charge in [0.1, 0.15) is 5.82 Å². The molecule has 0 radical (unpaired) electrons. The van der Waals surface area contributed by atoms with Crippen LogP contribution < -0.4 is 4.87 Å². The first-order valence-electron chi connectivity index (χ1n) is 3.68. The summed E-state index contributed by atoms with van der Waals surface area (Å²) in [5.74, 6) is -0.407. The molecule has 1 heterocycles. The van der Waals surface area contributed by atoms with Gasteiger partial charge in [-0.1, -0.05) is 17.4 Å². The lowest BCUT2D eigenvalue weighted by Gasteiger charge is -1.98. The van der Waals surface area contributed by atoms with Crippen molar-refractivity contribution in [3.05, 3.63) is 38.2 Å². The normalized spacial score (nSPS) is 10.4. The molecule has 72 valence electrons. The first kappa shape index (κ1) is 9.54. The summed E-state index contributed by atoms with van der Waals surface area (Å²) in [4.78, 5) is 10.5. The van der Waals surface area contributed by atoms with Crippen LogP contribution in [0.15, 0.2) is 27.5 Å². The molecule has 6 heteroatoms. The van der Waals surface area contributed by atoms with Gasteiger partial charge < -0.3 is 0 Å². The van der Waals surface area contributed by atoms with E-state index in [9.17, 15) is 9.18 Å². The van der Waals surface area contributed by atoms with Crippen molar-refractivity contribution in [1.82, 2.24) is 10.2 Å². The molecule has 2 rings (SSSR count). The Balaban J connectivity index is 2.62. The van der Waals surface area contributed by atoms with Crippen molar-refractivity contribution >= 4 is 27.3 Å². The summed E-state index contributed by atoms with van der Waals surface area (Å²) in [6, 6.07) is 4.86. The monoisotopic (exact) mass is 274 g/mol. The molecule has 0 aliphatic carbocycles. The minimum atomic E-state index is -0.407. The Hall–Kier alpha value is -1.01. The van der Waals surface area contributed by atoms with Crippen LogP contribution in [0.5, 0.6) is 0 Å². The van der Waals surface area contributed by atoms with E-state index in [1.165, 1.54) is 0 Å². The minimum Gasteiger partial charge on any atom is -0.255 e. The maximum Gasteiger partial charge on any atom is 0.322 e. The second-order valence-corrected chi connectivity index (χ2v) is 4.34. The molecule has 0 aliphatic rings. The van der Waals surface area contributed by atoms with E-state index in [-0.39, 0.29) is 4.87 Å². The summed E-state index contributed by atoms with van der Waals surface area (Å²) < 4.78 is 13.9. The number of nitrogens with one attached hydrogen (secondary N) is 1. The highest BCUT2D eigenvalue weighted by molar-refractivity contribution is 9.10. The fraction of sp³-hybridized carbons (Fsp3) is 0. The van der Waals surface area contributed by atoms with Gasteiger partial charge in [0, 0.05) is 5.56 Å². The van der Waals surface area contributed by atoms with Crippen LogP contribution in [0.25, 0.3) is 10.6 Å². The van der Waals surface area contributed by atoms with Gasteiger partial charge in [-0.25, -0.2) is 9.49 Å². The predicted octanol–water partition coefficient (Wildman–Crippen LogP) is 2.40. The van der Waals surface area contributed by atoms with Crippen LogP contribution in [0.1, 0.15) is 0 Å². The Morgan fingerprint density at radius 3 is 2.93 bits per heavy atom. The molecule has 0 bridgehead atoms. The topological polar surface area (TPSA) is 45.8 Å². The maximum atomic E-state index is 13.5. The third kappa shape index (κ3) is 1.62. The molecule has 0 fully saturated rings. The zero-order valence-corrected chi connectivity index (χ0v) is 9.15. The van der Waals surface area contributed by atoms with Gasteiger partial charge in [0.25, 0.3) is 0 Å². The van der Waals surface area contributed by atoms with E-state index in [4.69, 9.17) is 0 Å². The third-order valence-electron chi connectivity index (χ3n) is 1.62. The minimum absolute atomic E-state index is 0.292. The number of hydrogen-bond donors (Lipinski definition) is 1. The summed E-state index contributed by atoms with van der Waals surface area (Å²) >= 11 is 3.94. The van der Waals surface area contributed by atoms with Crippen molar-refractivity contribution in [2.45, 2.75) is 0 Å². The van der Waals surface area contributed by atoms with Crippen molar-refractivity contribution in [1.29, 1.82) is 0 Å². The quantitative estimate of drug-likeness (QED) is 0.868. The molecule has 2 aromatic rings. The summed E-state index contributed by atoms with van der Waals surface area (Å²) in [6.45, 7) is 0. The first-order valence-corrected chi connectivity index (χ1v) is 5.29. The van der Waals surface area contributed by atoms with E-state index in [1.54, 1.807) is 18.2 Å². The molecule has 0 unspecified atom stereocenters. The van der Waals surface area contributed by atoms with Gasteiger partial charge in [-0.05, 0) is 28.1 Å². The summed E-state index contributed by atoms with van der Waals surface area (Å²) in [5, 5.41) is 6.31. The highest BCUT2D eigenvalue weighted by Crippen LogP contribution is 2.27. The molecular weight excluding hydrogens is 271 g/mol. The fourth-order valence-electron chi connectivity index (χ4n) is 1.01. The van der Waals surface area contributed by atoms with Crippen molar-refractivity contribution in [3.63, 3.8) is 0 Å². The van der Waals surface area contributed by atoms with E-state index in [2.05, 4.69) is 26.1 Å². The smallest absolute Gasteiger partial charge is 0.255 e. The van der Waals surface area contributed by atoms with Gasteiger partial charge in [0.2, 0.25) is 0 Å². The molecular formula is C8H4BrFN2OS. The van der Waals surface area contributed by atoms with Crippen molar-refractivity contribution in [2.75, 3.05) is 0 Å². The Morgan fingerprint density at radius 2 is 2.29 bits per heavy atom. The van der Waals surface area contributed by atoms with Crippen molar-refractivity contribution < 1.29 is 4.39 Å². The van der Waals surface area contributed by atoms with E-state index in [0.29, 0.717) is 15.0 Å². The Labute approximate surface area is 90.7 Å². The number of aromatic amines is 1. The highest BCUT2D eigenvalue weighted by Gasteiger charge is 2.11. The van der Waals surface area contributed by atoms with Crippen LogP contribution in [0.2, 0.25) is 0 Å². The van der Waals surface area contributed by atoms with E-state index < -0.39 is 5.82 Å². The lowest BCUT2D eigenvalue weighted by atomic mass is 10.2.